The molecule has 1 unspecified atom stereocenters. The zero-order chi connectivity index (χ0) is 11.8. The third kappa shape index (κ3) is 1.98. The fourth-order valence-corrected chi connectivity index (χ4v) is 2.58. The molecular weight excluding hydrogens is 282 g/mol. The fourth-order valence-electron chi connectivity index (χ4n) is 2.25. The third-order valence-electron chi connectivity index (χ3n) is 3.23. The maximum Gasteiger partial charge on any atom is 0.113 e. The largest absolute Gasteiger partial charge is 0.379 e. The number of rotatable bonds is 1. The first kappa shape index (κ1) is 11.2. The van der Waals surface area contributed by atoms with Crippen molar-refractivity contribution >= 4 is 27.0 Å². The van der Waals surface area contributed by atoms with Crippen molar-refractivity contribution in [3.05, 3.63) is 22.2 Å². The van der Waals surface area contributed by atoms with Gasteiger partial charge in [0.2, 0.25) is 0 Å². The number of hydrogen-bond acceptors (Lipinski definition) is 3. The predicted octanol–water partition coefficient (Wildman–Crippen LogP) is 2.85. The van der Waals surface area contributed by atoms with E-state index < -0.39 is 0 Å². The molecule has 1 saturated heterocycles. The normalized spacial score (nSPS) is 20.9. The van der Waals surface area contributed by atoms with Gasteiger partial charge in [-0.2, -0.15) is 0 Å². The van der Waals surface area contributed by atoms with Crippen molar-refractivity contribution in [1.29, 1.82) is 0 Å². The van der Waals surface area contributed by atoms with E-state index in [1.807, 2.05) is 4.68 Å². The minimum atomic E-state index is 0.323. The van der Waals surface area contributed by atoms with Crippen LogP contribution in [0.25, 0.3) is 11.0 Å². The summed E-state index contributed by atoms with van der Waals surface area (Å²) in [5.74, 6) is 0. The van der Waals surface area contributed by atoms with Crippen LogP contribution in [-0.2, 0) is 4.74 Å². The highest BCUT2D eigenvalue weighted by molar-refractivity contribution is 9.10. The quantitative estimate of drug-likeness (QED) is 0.812. The highest BCUT2D eigenvalue weighted by atomic mass is 79.9. The van der Waals surface area contributed by atoms with Crippen molar-refractivity contribution in [3.63, 3.8) is 0 Å². The Balaban J connectivity index is 2.07. The Bertz CT molecular complexity index is 546. The van der Waals surface area contributed by atoms with Crippen LogP contribution in [0.1, 0.15) is 24.4 Å². The molecule has 0 aliphatic carbocycles. The predicted molar refractivity (Wildman–Crippen MR) is 69.1 cm³/mol. The molecular formula is C12H14BrN3O. The summed E-state index contributed by atoms with van der Waals surface area (Å²) in [6, 6.07) is 4.48. The second kappa shape index (κ2) is 4.38. The molecule has 1 aromatic heterocycles. The van der Waals surface area contributed by atoms with Crippen LogP contribution in [0.5, 0.6) is 0 Å². The van der Waals surface area contributed by atoms with Crippen molar-refractivity contribution in [2.75, 3.05) is 13.2 Å². The van der Waals surface area contributed by atoms with Crippen LogP contribution in [-0.4, -0.2) is 28.2 Å². The number of aromatic nitrogens is 3. The Hall–Kier alpha value is -0.940. The van der Waals surface area contributed by atoms with Crippen LogP contribution in [0.15, 0.2) is 16.6 Å². The molecule has 0 amide bonds. The average Bonchev–Trinajstić information content (AvgIpc) is 2.74. The van der Waals surface area contributed by atoms with Gasteiger partial charge in [-0.15, -0.1) is 5.10 Å². The molecule has 0 radical (unpaired) electrons. The topological polar surface area (TPSA) is 39.9 Å². The molecule has 1 aliphatic heterocycles. The molecule has 1 aromatic carbocycles. The molecule has 1 atom stereocenters. The van der Waals surface area contributed by atoms with Crippen molar-refractivity contribution in [2.45, 2.75) is 25.8 Å². The van der Waals surface area contributed by atoms with Gasteiger partial charge in [0.1, 0.15) is 5.52 Å². The van der Waals surface area contributed by atoms with Gasteiger partial charge in [-0.3, -0.25) is 0 Å². The Morgan fingerprint density at radius 1 is 1.47 bits per heavy atom. The summed E-state index contributed by atoms with van der Waals surface area (Å²) in [4.78, 5) is 0. The second-order valence-electron chi connectivity index (χ2n) is 4.50. The third-order valence-corrected chi connectivity index (χ3v) is 4.09. The molecule has 1 fully saturated rings. The van der Waals surface area contributed by atoms with Crippen LogP contribution in [0, 0.1) is 6.92 Å². The molecule has 0 N–H and O–H groups in total. The molecule has 2 aromatic rings. The summed E-state index contributed by atoms with van der Waals surface area (Å²) in [6.07, 6.45) is 2.21. The summed E-state index contributed by atoms with van der Waals surface area (Å²) >= 11 is 3.56. The highest BCUT2D eigenvalue weighted by Crippen LogP contribution is 2.26. The second-order valence-corrected chi connectivity index (χ2v) is 5.35. The maximum absolute atomic E-state index is 5.51. The van der Waals surface area contributed by atoms with Gasteiger partial charge in [-0.05, 0) is 37.5 Å². The summed E-state index contributed by atoms with van der Waals surface area (Å²) in [5.41, 5.74) is 3.22. The van der Waals surface area contributed by atoms with Crippen molar-refractivity contribution < 1.29 is 4.74 Å². The number of ether oxygens (including phenoxy) is 1. The summed E-state index contributed by atoms with van der Waals surface area (Å²) < 4.78 is 8.61. The molecule has 1 aliphatic rings. The molecule has 0 spiro atoms. The molecule has 0 saturated carbocycles. The van der Waals surface area contributed by atoms with Gasteiger partial charge in [-0.25, -0.2) is 4.68 Å². The molecule has 17 heavy (non-hydrogen) atoms. The molecule has 4 nitrogen and oxygen atoms in total. The van der Waals surface area contributed by atoms with Crippen LogP contribution in [0.4, 0.5) is 0 Å². The van der Waals surface area contributed by atoms with E-state index in [1.165, 1.54) is 5.56 Å². The lowest BCUT2D eigenvalue weighted by Gasteiger charge is -2.22. The van der Waals surface area contributed by atoms with E-state index >= 15 is 0 Å². The molecule has 90 valence electrons. The van der Waals surface area contributed by atoms with Crippen molar-refractivity contribution in [3.8, 4) is 0 Å². The zero-order valence-electron chi connectivity index (χ0n) is 9.69. The zero-order valence-corrected chi connectivity index (χ0v) is 11.3. The number of halogens is 1. The number of nitrogens with zero attached hydrogens (tertiary/aromatic N) is 3. The van der Waals surface area contributed by atoms with Crippen LogP contribution in [0.2, 0.25) is 0 Å². The Morgan fingerprint density at radius 3 is 3.12 bits per heavy atom. The van der Waals surface area contributed by atoms with E-state index in [9.17, 15) is 0 Å². The monoisotopic (exact) mass is 295 g/mol. The average molecular weight is 296 g/mol. The molecule has 5 heteroatoms. The lowest BCUT2D eigenvalue weighted by Crippen LogP contribution is -2.22. The standard InChI is InChI=1S/C12H14BrN3O/c1-8-5-11-12(6-10(8)13)16(15-14-11)9-3-2-4-17-7-9/h5-6,9H,2-4,7H2,1H3. The van der Waals surface area contributed by atoms with E-state index in [2.05, 4.69) is 45.3 Å². The maximum atomic E-state index is 5.51. The number of fused-ring (bicyclic) bond motifs is 1. The first-order chi connectivity index (χ1) is 8.25. The van der Waals surface area contributed by atoms with E-state index in [4.69, 9.17) is 4.74 Å². The summed E-state index contributed by atoms with van der Waals surface area (Å²) in [5, 5.41) is 8.50. The van der Waals surface area contributed by atoms with Gasteiger partial charge in [0.05, 0.1) is 18.2 Å². The number of hydrogen-bond donors (Lipinski definition) is 0. The minimum absolute atomic E-state index is 0.323. The first-order valence-electron chi connectivity index (χ1n) is 5.84. The lowest BCUT2D eigenvalue weighted by molar-refractivity contribution is 0.0558. The summed E-state index contributed by atoms with van der Waals surface area (Å²) in [7, 11) is 0. The summed E-state index contributed by atoms with van der Waals surface area (Å²) in [6.45, 7) is 3.67. The lowest BCUT2D eigenvalue weighted by atomic mass is 10.1. The smallest absolute Gasteiger partial charge is 0.113 e. The Labute approximate surface area is 108 Å². The Morgan fingerprint density at radius 2 is 2.35 bits per heavy atom. The Kier molecular flexibility index (Phi) is 2.88. The SMILES string of the molecule is Cc1cc2nnn(C3CCCOC3)c2cc1Br. The molecule has 2 heterocycles. The number of benzene rings is 1. The van der Waals surface area contributed by atoms with Gasteiger partial charge in [-0.1, -0.05) is 21.1 Å². The number of aryl methyl sites for hydroxylation is 1. The van der Waals surface area contributed by atoms with E-state index in [1.54, 1.807) is 0 Å². The molecule has 0 bridgehead atoms. The van der Waals surface area contributed by atoms with E-state index in [0.717, 1.165) is 41.6 Å². The van der Waals surface area contributed by atoms with Crippen molar-refractivity contribution in [2.24, 2.45) is 0 Å². The first-order valence-corrected chi connectivity index (χ1v) is 6.64. The van der Waals surface area contributed by atoms with Crippen LogP contribution >= 0.6 is 15.9 Å². The van der Waals surface area contributed by atoms with E-state index in [-0.39, 0.29) is 0 Å². The van der Waals surface area contributed by atoms with Gasteiger partial charge in [0, 0.05) is 11.1 Å². The fraction of sp³-hybridized carbons (Fsp3) is 0.500. The van der Waals surface area contributed by atoms with Gasteiger partial charge >= 0.3 is 0 Å². The highest BCUT2D eigenvalue weighted by Gasteiger charge is 2.19. The van der Waals surface area contributed by atoms with Gasteiger partial charge in [0.25, 0.3) is 0 Å². The van der Waals surface area contributed by atoms with Crippen molar-refractivity contribution in [1.82, 2.24) is 15.0 Å². The van der Waals surface area contributed by atoms with Crippen LogP contribution in [0.3, 0.4) is 0 Å². The van der Waals surface area contributed by atoms with Gasteiger partial charge in [0.15, 0.2) is 0 Å². The minimum Gasteiger partial charge on any atom is -0.379 e. The molecule has 3 rings (SSSR count). The van der Waals surface area contributed by atoms with Crippen LogP contribution < -0.4 is 0 Å². The van der Waals surface area contributed by atoms with Gasteiger partial charge < -0.3 is 4.74 Å². The van der Waals surface area contributed by atoms with E-state index in [0.29, 0.717) is 6.04 Å².